The third-order valence-electron chi connectivity index (χ3n) is 3.07. The minimum absolute atomic E-state index is 0.0748. The molecule has 1 fully saturated rings. The lowest BCUT2D eigenvalue weighted by Gasteiger charge is -2.25. The Morgan fingerprint density at radius 1 is 1.47 bits per heavy atom. The van der Waals surface area contributed by atoms with E-state index in [0.29, 0.717) is 5.92 Å². The molecule has 1 aromatic heterocycles. The topological polar surface area (TPSA) is 45.4 Å². The fourth-order valence-corrected chi connectivity index (χ4v) is 2.26. The Balaban J connectivity index is 1.65. The van der Waals surface area contributed by atoms with Crippen LogP contribution in [0.25, 0.3) is 0 Å². The molecule has 1 aliphatic rings. The fraction of sp³-hybridized carbons (Fsp3) is 0.667. The second kappa shape index (κ2) is 5.33. The quantitative estimate of drug-likeness (QED) is 0.796. The second-order valence-electron chi connectivity index (χ2n) is 4.40. The van der Waals surface area contributed by atoms with E-state index in [9.17, 15) is 5.11 Å². The first-order chi connectivity index (χ1) is 7.34. The highest BCUT2D eigenvalue weighted by Gasteiger charge is 2.19. The van der Waals surface area contributed by atoms with Gasteiger partial charge >= 0.3 is 0 Å². The minimum atomic E-state index is -0.0748. The van der Waals surface area contributed by atoms with Gasteiger partial charge in [-0.3, -0.25) is 0 Å². The van der Waals surface area contributed by atoms with Crippen LogP contribution in [-0.4, -0.2) is 17.8 Å². The van der Waals surface area contributed by atoms with Crippen LogP contribution in [0.4, 0.5) is 0 Å². The Labute approximate surface area is 90.5 Å². The summed E-state index contributed by atoms with van der Waals surface area (Å²) < 4.78 is 5.23. The van der Waals surface area contributed by atoms with Crippen molar-refractivity contribution in [1.29, 1.82) is 0 Å². The smallest absolute Gasteiger partial charge is 0.117 e. The molecule has 2 unspecified atom stereocenters. The minimum Gasteiger partial charge on any atom is -0.468 e. The summed E-state index contributed by atoms with van der Waals surface area (Å²) in [6, 6.07) is 3.88. The van der Waals surface area contributed by atoms with Gasteiger partial charge in [-0.2, -0.15) is 0 Å². The molecule has 84 valence electrons. The summed E-state index contributed by atoms with van der Waals surface area (Å²) in [5, 5.41) is 12.9. The average Bonchev–Trinajstić information content (AvgIpc) is 2.71. The molecule has 0 spiro atoms. The molecule has 3 nitrogen and oxygen atoms in total. The van der Waals surface area contributed by atoms with Gasteiger partial charge in [0.05, 0.1) is 18.9 Å². The van der Waals surface area contributed by atoms with Crippen molar-refractivity contribution in [1.82, 2.24) is 5.32 Å². The zero-order chi connectivity index (χ0) is 10.5. The van der Waals surface area contributed by atoms with Crippen molar-refractivity contribution in [3.8, 4) is 0 Å². The van der Waals surface area contributed by atoms with Gasteiger partial charge in [0, 0.05) is 0 Å². The number of aliphatic hydroxyl groups excluding tert-OH is 1. The maximum Gasteiger partial charge on any atom is 0.117 e. The van der Waals surface area contributed by atoms with E-state index in [1.807, 2.05) is 12.1 Å². The lowest BCUT2D eigenvalue weighted by Crippen LogP contribution is -2.28. The van der Waals surface area contributed by atoms with Crippen LogP contribution in [0.15, 0.2) is 22.8 Å². The van der Waals surface area contributed by atoms with Crippen molar-refractivity contribution >= 4 is 0 Å². The lowest BCUT2D eigenvalue weighted by molar-refractivity contribution is 0.100. The molecule has 1 aromatic rings. The van der Waals surface area contributed by atoms with Crippen LogP contribution in [0.3, 0.4) is 0 Å². The van der Waals surface area contributed by atoms with Crippen molar-refractivity contribution in [2.24, 2.45) is 5.92 Å². The summed E-state index contributed by atoms with van der Waals surface area (Å²) in [5.74, 6) is 1.61. The predicted octanol–water partition coefficient (Wildman–Crippen LogP) is 1.92. The third-order valence-corrected chi connectivity index (χ3v) is 3.07. The molecule has 2 atom stereocenters. The van der Waals surface area contributed by atoms with Gasteiger partial charge in [0.25, 0.3) is 0 Å². The Bertz CT molecular complexity index is 271. The van der Waals surface area contributed by atoms with Gasteiger partial charge in [-0.1, -0.05) is 6.42 Å². The molecule has 0 radical (unpaired) electrons. The van der Waals surface area contributed by atoms with E-state index in [0.717, 1.165) is 38.1 Å². The van der Waals surface area contributed by atoms with Crippen LogP contribution in [0.2, 0.25) is 0 Å². The highest BCUT2D eigenvalue weighted by molar-refractivity contribution is 4.97. The predicted molar refractivity (Wildman–Crippen MR) is 58.4 cm³/mol. The van der Waals surface area contributed by atoms with Gasteiger partial charge < -0.3 is 14.8 Å². The Morgan fingerprint density at radius 2 is 2.40 bits per heavy atom. The second-order valence-corrected chi connectivity index (χ2v) is 4.40. The molecule has 0 aliphatic heterocycles. The summed E-state index contributed by atoms with van der Waals surface area (Å²) in [4.78, 5) is 0. The molecule has 3 heteroatoms. The summed E-state index contributed by atoms with van der Waals surface area (Å²) >= 11 is 0. The van der Waals surface area contributed by atoms with Crippen molar-refractivity contribution in [3.63, 3.8) is 0 Å². The van der Waals surface area contributed by atoms with E-state index in [-0.39, 0.29) is 6.10 Å². The third kappa shape index (κ3) is 3.36. The Hall–Kier alpha value is -0.800. The van der Waals surface area contributed by atoms with E-state index in [4.69, 9.17) is 4.42 Å². The van der Waals surface area contributed by atoms with Crippen molar-refractivity contribution in [2.45, 2.75) is 38.3 Å². The molecule has 1 saturated carbocycles. The van der Waals surface area contributed by atoms with E-state index < -0.39 is 0 Å². The maximum atomic E-state index is 9.52. The summed E-state index contributed by atoms with van der Waals surface area (Å²) in [6.07, 6.45) is 5.95. The molecule has 2 N–H and O–H groups in total. The highest BCUT2D eigenvalue weighted by Crippen LogP contribution is 2.23. The summed E-state index contributed by atoms with van der Waals surface area (Å²) in [6.45, 7) is 1.78. The van der Waals surface area contributed by atoms with Gasteiger partial charge in [-0.05, 0) is 43.9 Å². The number of furan rings is 1. The normalized spacial score (nSPS) is 26.7. The monoisotopic (exact) mass is 209 g/mol. The van der Waals surface area contributed by atoms with Crippen LogP contribution >= 0.6 is 0 Å². The number of nitrogens with one attached hydrogen (secondary N) is 1. The largest absolute Gasteiger partial charge is 0.468 e. The SMILES string of the molecule is OC1CCCC(CNCc2ccco2)C1. The van der Waals surface area contributed by atoms with Gasteiger partial charge in [0.2, 0.25) is 0 Å². The van der Waals surface area contributed by atoms with Gasteiger partial charge in [0.1, 0.15) is 5.76 Å². The van der Waals surface area contributed by atoms with Crippen LogP contribution < -0.4 is 5.32 Å². The molecule has 15 heavy (non-hydrogen) atoms. The van der Waals surface area contributed by atoms with Crippen LogP contribution in [0.5, 0.6) is 0 Å². The van der Waals surface area contributed by atoms with Crippen molar-refractivity contribution in [3.05, 3.63) is 24.2 Å². The lowest BCUT2D eigenvalue weighted by atomic mass is 9.87. The molecule has 2 rings (SSSR count). The number of hydrogen-bond donors (Lipinski definition) is 2. The molecular weight excluding hydrogens is 190 g/mol. The molecule has 0 aromatic carbocycles. The molecule has 0 saturated heterocycles. The van der Waals surface area contributed by atoms with Crippen LogP contribution in [-0.2, 0) is 6.54 Å². The summed E-state index contributed by atoms with van der Waals surface area (Å²) in [7, 11) is 0. The first-order valence-electron chi connectivity index (χ1n) is 5.76. The first-order valence-corrected chi connectivity index (χ1v) is 5.76. The average molecular weight is 209 g/mol. The molecule has 0 bridgehead atoms. The van der Waals surface area contributed by atoms with Crippen LogP contribution in [0.1, 0.15) is 31.4 Å². The number of rotatable bonds is 4. The number of hydrogen-bond acceptors (Lipinski definition) is 3. The van der Waals surface area contributed by atoms with Crippen molar-refractivity contribution in [2.75, 3.05) is 6.54 Å². The first kappa shape index (κ1) is 10.7. The Morgan fingerprint density at radius 3 is 3.13 bits per heavy atom. The standard InChI is InChI=1S/C12H19NO2/c14-11-4-1-3-10(7-11)8-13-9-12-5-2-6-15-12/h2,5-6,10-11,13-14H,1,3-4,7-9H2. The summed E-state index contributed by atoms with van der Waals surface area (Å²) in [5.41, 5.74) is 0. The van der Waals surface area contributed by atoms with E-state index in [1.165, 1.54) is 6.42 Å². The Kier molecular flexibility index (Phi) is 3.80. The van der Waals surface area contributed by atoms with Gasteiger partial charge in [-0.25, -0.2) is 0 Å². The van der Waals surface area contributed by atoms with Crippen molar-refractivity contribution < 1.29 is 9.52 Å². The van der Waals surface area contributed by atoms with E-state index in [2.05, 4.69) is 5.32 Å². The molecular formula is C12H19NO2. The highest BCUT2D eigenvalue weighted by atomic mass is 16.3. The molecule has 1 aliphatic carbocycles. The molecule has 0 amide bonds. The zero-order valence-electron chi connectivity index (χ0n) is 8.98. The van der Waals surface area contributed by atoms with Crippen LogP contribution in [0, 0.1) is 5.92 Å². The maximum absolute atomic E-state index is 9.52. The van der Waals surface area contributed by atoms with E-state index in [1.54, 1.807) is 6.26 Å². The van der Waals surface area contributed by atoms with E-state index >= 15 is 0 Å². The zero-order valence-corrected chi connectivity index (χ0v) is 8.98. The number of aliphatic hydroxyl groups is 1. The fourth-order valence-electron chi connectivity index (χ4n) is 2.26. The van der Waals surface area contributed by atoms with Gasteiger partial charge in [0.15, 0.2) is 0 Å². The molecule has 1 heterocycles. The van der Waals surface area contributed by atoms with Gasteiger partial charge in [-0.15, -0.1) is 0 Å².